The van der Waals surface area contributed by atoms with Gasteiger partial charge in [0.25, 0.3) is 5.91 Å². The van der Waals surface area contributed by atoms with Crippen molar-refractivity contribution in [1.29, 1.82) is 0 Å². The topological polar surface area (TPSA) is 76.2 Å². The number of fused-ring (bicyclic) bond motifs is 1. The molecule has 0 bridgehead atoms. The molecule has 3 amide bonds. The summed E-state index contributed by atoms with van der Waals surface area (Å²) in [7, 11) is 9.43. The number of carbonyl (C=O) groups excluding carboxylic acids is 3. The predicted octanol–water partition coefficient (Wildman–Crippen LogP) is 5.11. The Morgan fingerprint density at radius 2 is 1.45 bits per heavy atom. The number of nitrogens with one attached hydrogen (secondary N) is 1. The summed E-state index contributed by atoms with van der Waals surface area (Å²) >= 11 is 0. The number of likely N-dealkylation sites (N-methyl/N-ethyl adjacent to an activating group) is 2. The molecule has 1 heterocycles. The number of nitrogens with zero attached hydrogens (tertiary/aromatic N) is 4. The highest BCUT2D eigenvalue weighted by atomic mass is 16.2. The van der Waals surface area contributed by atoms with Crippen molar-refractivity contribution >= 4 is 28.5 Å². The van der Waals surface area contributed by atoms with Gasteiger partial charge in [0.2, 0.25) is 11.8 Å². The SMILES string of the molecule is CNCc1cccc(C(=O)N(C)[C@H](Cc2ccc3ccccc3c2)C(=O)N(C)[C@H](Cc2ccccc2)C(=O)N2CCC[C@@H](CN(C)C)C2)c1. The van der Waals surface area contributed by atoms with Gasteiger partial charge in [-0.1, -0.05) is 84.9 Å². The minimum absolute atomic E-state index is 0.0404. The summed E-state index contributed by atoms with van der Waals surface area (Å²) in [6, 6.07) is 30.2. The van der Waals surface area contributed by atoms with Gasteiger partial charge in [-0.25, -0.2) is 0 Å². The second kappa shape index (κ2) is 16.7. The van der Waals surface area contributed by atoms with E-state index in [2.05, 4.69) is 48.6 Å². The molecule has 258 valence electrons. The maximum atomic E-state index is 14.8. The monoisotopic (exact) mass is 661 g/mol. The van der Waals surface area contributed by atoms with Gasteiger partial charge in [0.15, 0.2) is 0 Å². The van der Waals surface area contributed by atoms with Crippen molar-refractivity contribution in [3.63, 3.8) is 0 Å². The van der Waals surface area contributed by atoms with Crippen LogP contribution >= 0.6 is 0 Å². The molecule has 4 aromatic carbocycles. The van der Waals surface area contributed by atoms with Crippen molar-refractivity contribution < 1.29 is 14.4 Å². The Balaban J connectivity index is 1.48. The number of piperidine rings is 1. The second-order valence-electron chi connectivity index (χ2n) is 13.8. The quantitative estimate of drug-likeness (QED) is 0.216. The lowest BCUT2D eigenvalue weighted by Crippen LogP contribution is -2.57. The van der Waals surface area contributed by atoms with Gasteiger partial charge in [-0.15, -0.1) is 0 Å². The molecule has 0 radical (unpaired) electrons. The lowest BCUT2D eigenvalue weighted by molar-refractivity contribution is -0.147. The van der Waals surface area contributed by atoms with Gasteiger partial charge < -0.3 is 24.9 Å². The third-order valence-electron chi connectivity index (χ3n) is 9.70. The van der Waals surface area contributed by atoms with Crippen LogP contribution in [0.3, 0.4) is 0 Å². The van der Waals surface area contributed by atoms with Crippen LogP contribution in [0.1, 0.15) is 39.9 Å². The highest BCUT2D eigenvalue weighted by molar-refractivity contribution is 5.98. The first kappa shape index (κ1) is 35.8. The van der Waals surface area contributed by atoms with Gasteiger partial charge in [-0.3, -0.25) is 14.4 Å². The van der Waals surface area contributed by atoms with Crippen LogP contribution in [0, 0.1) is 5.92 Å². The Morgan fingerprint density at radius 1 is 0.755 bits per heavy atom. The molecular weight excluding hydrogens is 610 g/mol. The van der Waals surface area contributed by atoms with E-state index < -0.39 is 12.1 Å². The predicted molar refractivity (Wildman–Crippen MR) is 197 cm³/mol. The number of likely N-dealkylation sites (tertiary alicyclic amines) is 1. The average molecular weight is 662 g/mol. The Morgan fingerprint density at radius 3 is 2.18 bits per heavy atom. The standard InChI is InChI=1S/C41H51N5O3/c1-42-27-32-15-11-19-36(24-32)39(47)44(4)37(26-31-20-21-34-17-9-10-18-35(34)23-31)40(48)45(5)38(25-30-13-7-6-8-14-30)41(49)46-22-12-16-33(29-46)28-43(2)3/h6-11,13-15,17-21,23-24,33,37-38,42H,12,16,22,25-29H2,1-5H3/t33-,37+,38+/m0/s1. The summed E-state index contributed by atoms with van der Waals surface area (Å²) in [5.41, 5.74) is 3.44. The summed E-state index contributed by atoms with van der Waals surface area (Å²) in [6.45, 7) is 2.89. The van der Waals surface area contributed by atoms with E-state index in [0.29, 0.717) is 44.0 Å². The van der Waals surface area contributed by atoms with Crippen LogP contribution < -0.4 is 5.32 Å². The van der Waals surface area contributed by atoms with Crippen LogP contribution in [0.5, 0.6) is 0 Å². The van der Waals surface area contributed by atoms with Crippen LogP contribution in [0.4, 0.5) is 0 Å². The Bertz CT molecular complexity index is 1720. The molecule has 1 aliphatic rings. The van der Waals surface area contributed by atoms with Crippen molar-refractivity contribution in [1.82, 2.24) is 24.9 Å². The van der Waals surface area contributed by atoms with Crippen molar-refractivity contribution in [2.24, 2.45) is 5.92 Å². The Labute approximate surface area is 291 Å². The first-order chi connectivity index (χ1) is 23.6. The molecule has 1 aliphatic heterocycles. The molecule has 3 atom stereocenters. The van der Waals surface area contributed by atoms with Gasteiger partial charge in [0.05, 0.1) is 0 Å². The van der Waals surface area contributed by atoms with E-state index in [1.165, 1.54) is 0 Å². The third kappa shape index (κ3) is 9.13. The highest BCUT2D eigenvalue weighted by Crippen LogP contribution is 2.24. The number of hydrogen-bond acceptors (Lipinski definition) is 5. The van der Waals surface area contributed by atoms with Crippen LogP contribution in [0.25, 0.3) is 10.8 Å². The minimum Gasteiger partial charge on any atom is -0.341 e. The molecule has 1 saturated heterocycles. The number of benzene rings is 4. The van der Waals surface area contributed by atoms with Crippen molar-refractivity contribution in [2.75, 3.05) is 54.9 Å². The average Bonchev–Trinajstić information content (AvgIpc) is 3.12. The van der Waals surface area contributed by atoms with Crippen LogP contribution in [-0.2, 0) is 29.0 Å². The molecule has 0 spiro atoms. The van der Waals surface area contributed by atoms with Gasteiger partial charge in [0.1, 0.15) is 12.1 Å². The fraction of sp³-hybridized carbons (Fsp3) is 0.390. The zero-order chi connectivity index (χ0) is 34.9. The first-order valence-electron chi connectivity index (χ1n) is 17.4. The van der Waals surface area contributed by atoms with E-state index >= 15 is 0 Å². The molecule has 1 fully saturated rings. The van der Waals surface area contributed by atoms with E-state index in [-0.39, 0.29) is 17.7 Å². The molecule has 49 heavy (non-hydrogen) atoms. The molecular formula is C41H51N5O3. The molecule has 1 N–H and O–H groups in total. The van der Waals surface area contributed by atoms with Gasteiger partial charge in [0, 0.05) is 58.7 Å². The van der Waals surface area contributed by atoms with Gasteiger partial charge >= 0.3 is 0 Å². The van der Waals surface area contributed by atoms with E-state index in [9.17, 15) is 14.4 Å². The lowest BCUT2D eigenvalue weighted by atomic mass is 9.95. The molecule has 4 aromatic rings. The largest absolute Gasteiger partial charge is 0.341 e. The minimum atomic E-state index is -0.833. The van der Waals surface area contributed by atoms with Gasteiger partial charge in [-0.05, 0) is 79.5 Å². The third-order valence-corrected chi connectivity index (χ3v) is 9.70. The Kier molecular flexibility index (Phi) is 12.2. The van der Waals surface area contributed by atoms with Crippen LogP contribution in [0.15, 0.2) is 97.1 Å². The molecule has 0 aliphatic carbocycles. The number of amides is 3. The van der Waals surface area contributed by atoms with Gasteiger partial charge in [-0.2, -0.15) is 0 Å². The molecule has 8 heteroatoms. The molecule has 0 aromatic heterocycles. The molecule has 0 unspecified atom stereocenters. The molecule has 0 saturated carbocycles. The van der Waals surface area contributed by atoms with E-state index in [4.69, 9.17) is 0 Å². The van der Waals surface area contributed by atoms with E-state index in [1.807, 2.05) is 78.7 Å². The van der Waals surface area contributed by atoms with Crippen molar-refractivity contribution in [3.05, 3.63) is 119 Å². The van der Waals surface area contributed by atoms with E-state index in [0.717, 1.165) is 46.8 Å². The molecule has 8 nitrogen and oxygen atoms in total. The van der Waals surface area contributed by atoms with Crippen LogP contribution in [-0.4, -0.2) is 104 Å². The van der Waals surface area contributed by atoms with E-state index in [1.54, 1.807) is 30.0 Å². The summed E-state index contributed by atoms with van der Waals surface area (Å²) < 4.78 is 0. The fourth-order valence-corrected chi connectivity index (χ4v) is 7.10. The summed E-state index contributed by atoms with van der Waals surface area (Å²) in [5.74, 6) is -0.152. The smallest absolute Gasteiger partial charge is 0.254 e. The maximum absolute atomic E-state index is 14.8. The summed E-state index contributed by atoms with van der Waals surface area (Å²) in [5, 5.41) is 5.32. The zero-order valence-corrected chi connectivity index (χ0v) is 29.6. The number of hydrogen-bond donors (Lipinski definition) is 1. The summed E-state index contributed by atoms with van der Waals surface area (Å²) in [6.07, 6.45) is 2.72. The normalized spacial score (nSPS) is 16.0. The number of rotatable bonds is 13. The second-order valence-corrected chi connectivity index (χ2v) is 13.8. The number of carbonyl (C=O) groups is 3. The van der Waals surface area contributed by atoms with Crippen LogP contribution in [0.2, 0.25) is 0 Å². The Hall–Kier alpha value is -4.53. The highest BCUT2D eigenvalue weighted by Gasteiger charge is 2.38. The fourth-order valence-electron chi connectivity index (χ4n) is 7.10. The zero-order valence-electron chi connectivity index (χ0n) is 29.6. The van der Waals surface area contributed by atoms with Crippen molar-refractivity contribution in [3.8, 4) is 0 Å². The van der Waals surface area contributed by atoms with Crippen molar-refractivity contribution in [2.45, 2.75) is 44.3 Å². The lowest BCUT2D eigenvalue weighted by Gasteiger charge is -2.39. The molecule has 5 rings (SSSR count). The first-order valence-corrected chi connectivity index (χ1v) is 17.4. The maximum Gasteiger partial charge on any atom is 0.254 e. The summed E-state index contributed by atoms with van der Waals surface area (Å²) in [4.78, 5) is 50.7.